The molecule has 7 heteroatoms. The van der Waals surface area contributed by atoms with E-state index in [1.807, 2.05) is 14.7 Å². The molecule has 0 spiro atoms. The fraction of sp³-hybridized carbons (Fsp3) is 0.857. The largest absolute Gasteiger partial charge is 0.378 e. The molecular weight excluding hydrogens is 358 g/mol. The Morgan fingerprint density at radius 2 is 1.39 bits per heavy atom. The molecule has 3 aliphatic heterocycles. The lowest BCUT2D eigenvalue weighted by molar-refractivity contribution is -0.144. The molecule has 1 saturated carbocycles. The monoisotopic (exact) mass is 391 g/mol. The van der Waals surface area contributed by atoms with Gasteiger partial charge in [-0.3, -0.25) is 14.4 Å². The normalized spacial score (nSPS) is 28.1. The number of carbonyl (C=O) groups excluding carboxylic acids is 3. The molecule has 0 aromatic heterocycles. The molecule has 4 fully saturated rings. The number of hydrogen-bond donors (Lipinski definition) is 0. The summed E-state index contributed by atoms with van der Waals surface area (Å²) in [6.45, 7) is 4.46. The van der Waals surface area contributed by atoms with E-state index in [1.165, 1.54) is 19.3 Å². The first kappa shape index (κ1) is 19.7. The number of morpholine rings is 1. The van der Waals surface area contributed by atoms with Gasteiger partial charge >= 0.3 is 0 Å². The molecule has 0 bridgehead atoms. The van der Waals surface area contributed by atoms with Gasteiger partial charge in [-0.1, -0.05) is 19.3 Å². The summed E-state index contributed by atoms with van der Waals surface area (Å²) in [6, 6.07) is 0.343. The summed E-state index contributed by atoms with van der Waals surface area (Å²) in [7, 11) is 0. The molecule has 1 atom stereocenters. The summed E-state index contributed by atoms with van der Waals surface area (Å²) in [5.41, 5.74) is 0. The van der Waals surface area contributed by atoms with Crippen molar-refractivity contribution in [3.05, 3.63) is 0 Å². The minimum absolute atomic E-state index is 0.0195. The summed E-state index contributed by atoms with van der Waals surface area (Å²) in [5.74, 6) is 0.313. The van der Waals surface area contributed by atoms with Crippen molar-refractivity contribution < 1.29 is 19.1 Å². The fourth-order valence-corrected chi connectivity index (χ4v) is 5.29. The van der Waals surface area contributed by atoms with E-state index in [9.17, 15) is 14.4 Å². The van der Waals surface area contributed by atoms with E-state index in [0.717, 1.165) is 25.7 Å². The van der Waals surface area contributed by atoms with Crippen LogP contribution in [0.1, 0.15) is 51.4 Å². The van der Waals surface area contributed by atoms with Crippen LogP contribution in [0.4, 0.5) is 0 Å². The van der Waals surface area contributed by atoms with Crippen molar-refractivity contribution in [2.45, 2.75) is 57.4 Å². The lowest BCUT2D eigenvalue weighted by Crippen LogP contribution is -2.48. The molecule has 0 N–H and O–H groups in total. The van der Waals surface area contributed by atoms with E-state index in [4.69, 9.17) is 4.74 Å². The Balaban J connectivity index is 1.27. The van der Waals surface area contributed by atoms with Crippen molar-refractivity contribution in [3.8, 4) is 0 Å². The highest BCUT2D eigenvalue weighted by atomic mass is 16.5. The number of piperidine rings is 1. The molecule has 0 radical (unpaired) electrons. The average molecular weight is 392 g/mol. The number of hydrogen-bond acceptors (Lipinski definition) is 4. The quantitative estimate of drug-likeness (QED) is 0.726. The summed E-state index contributed by atoms with van der Waals surface area (Å²) in [4.78, 5) is 43.9. The third-order valence-corrected chi connectivity index (χ3v) is 7.00. The van der Waals surface area contributed by atoms with Crippen LogP contribution in [-0.2, 0) is 19.1 Å². The number of ether oxygens (including phenoxy) is 1. The van der Waals surface area contributed by atoms with Crippen molar-refractivity contribution in [3.63, 3.8) is 0 Å². The molecule has 28 heavy (non-hydrogen) atoms. The second-order valence-corrected chi connectivity index (χ2v) is 8.78. The van der Waals surface area contributed by atoms with Crippen LogP contribution >= 0.6 is 0 Å². The van der Waals surface area contributed by atoms with Crippen molar-refractivity contribution in [1.82, 2.24) is 14.7 Å². The van der Waals surface area contributed by atoms with Crippen LogP contribution in [0.15, 0.2) is 0 Å². The number of amides is 3. The zero-order valence-electron chi connectivity index (χ0n) is 16.8. The van der Waals surface area contributed by atoms with Gasteiger partial charge in [-0.05, 0) is 25.7 Å². The molecule has 4 rings (SSSR count). The smallest absolute Gasteiger partial charge is 0.227 e. The lowest BCUT2D eigenvalue weighted by Gasteiger charge is -2.36. The van der Waals surface area contributed by atoms with Gasteiger partial charge in [-0.15, -0.1) is 0 Å². The van der Waals surface area contributed by atoms with Crippen LogP contribution < -0.4 is 0 Å². The third-order valence-electron chi connectivity index (χ3n) is 7.00. The summed E-state index contributed by atoms with van der Waals surface area (Å²) in [6.07, 6.45) is 7.64. The summed E-state index contributed by atoms with van der Waals surface area (Å²) >= 11 is 0. The van der Waals surface area contributed by atoms with Crippen molar-refractivity contribution in [2.24, 2.45) is 11.8 Å². The van der Waals surface area contributed by atoms with E-state index in [0.29, 0.717) is 58.4 Å². The van der Waals surface area contributed by atoms with E-state index >= 15 is 0 Å². The Kier molecular flexibility index (Phi) is 6.19. The minimum atomic E-state index is -0.194. The molecule has 156 valence electrons. The Labute approximate surface area is 167 Å². The molecule has 3 amide bonds. The molecular formula is C21H33N3O4. The van der Waals surface area contributed by atoms with Gasteiger partial charge in [0.15, 0.2) is 0 Å². The molecule has 3 saturated heterocycles. The molecule has 0 aromatic rings. The van der Waals surface area contributed by atoms with Crippen molar-refractivity contribution in [1.29, 1.82) is 0 Å². The maximum atomic E-state index is 13.0. The minimum Gasteiger partial charge on any atom is -0.378 e. The maximum Gasteiger partial charge on any atom is 0.227 e. The third kappa shape index (κ3) is 4.19. The molecule has 0 aromatic carbocycles. The molecule has 7 nitrogen and oxygen atoms in total. The van der Waals surface area contributed by atoms with E-state index < -0.39 is 0 Å². The fourth-order valence-electron chi connectivity index (χ4n) is 5.29. The zero-order valence-corrected chi connectivity index (χ0v) is 16.8. The predicted octanol–water partition coefficient (Wildman–Crippen LogP) is 1.27. The van der Waals surface area contributed by atoms with Gasteiger partial charge in [0, 0.05) is 51.1 Å². The van der Waals surface area contributed by atoms with Crippen LogP contribution in [0, 0.1) is 11.8 Å². The van der Waals surface area contributed by atoms with Crippen LogP contribution in [0.2, 0.25) is 0 Å². The standard InChI is InChI=1S/C21H33N3O4/c25-19-14-17(15-24(19)18-4-2-1-3-5-18)21(27)22-8-6-16(7-9-22)20(26)23-10-12-28-13-11-23/h16-18H,1-15H2. The van der Waals surface area contributed by atoms with Crippen LogP contribution in [0.25, 0.3) is 0 Å². The topological polar surface area (TPSA) is 70.2 Å². The molecule has 3 heterocycles. The van der Waals surface area contributed by atoms with Crippen molar-refractivity contribution >= 4 is 17.7 Å². The first-order valence-electron chi connectivity index (χ1n) is 11.1. The van der Waals surface area contributed by atoms with Gasteiger partial charge in [0.05, 0.1) is 19.1 Å². The highest BCUT2D eigenvalue weighted by molar-refractivity contribution is 5.89. The highest BCUT2D eigenvalue weighted by Gasteiger charge is 2.41. The Morgan fingerprint density at radius 3 is 2.07 bits per heavy atom. The van der Waals surface area contributed by atoms with Crippen LogP contribution in [-0.4, -0.2) is 84.4 Å². The molecule has 4 aliphatic rings. The van der Waals surface area contributed by atoms with Gasteiger partial charge in [-0.2, -0.15) is 0 Å². The molecule has 1 aliphatic carbocycles. The SMILES string of the molecule is O=C(C1CCN(C(=O)C2CC(=O)N(C3CCCCC3)C2)CC1)N1CCOCC1. The first-order valence-corrected chi connectivity index (χ1v) is 11.1. The number of nitrogens with zero attached hydrogens (tertiary/aromatic N) is 3. The second kappa shape index (κ2) is 8.80. The zero-order chi connectivity index (χ0) is 19.5. The van der Waals surface area contributed by atoms with Gasteiger partial charge in [0.1, 0.15) is 0 Å². The highest BCUT2D eigenvalue weighted by Crippen LogP contribution is 2.30. The van der Waals surface area contributed by atoms with Gasteiger partial charge in [0.25, 0.3) is 0 Å². The number of carbonyl (C=O) groups is 3. The summed E-state index contributed by atoms with van der Waals surface area (Å²) < 4.78 is 5.33. The first-order chi connectivity index (χ1) is 13.6. The Morgan fingerprint density at radius 1 is 0.786 bits per heavy atom. The van der Waals surface area contributed by atoms with E-state index in [-0.39, 0.29) is 29.6 Å². The number of likely N-dealkylation sites (tertiary alicyclic amines) is 2. The van der Waals surface area contributed by atoms with Crippen LogP contribution in [0.3, 0.4) is 0 Å². The van der Waals surface area contributed by atoms with Gasteiger partial charge in [0.2, 0.25) is 17.7 Å². The van der Waals surface area contributed by atoms with E-state index in [2.05, 4.69) is 0 Å². The Bertz CT molecular complexity index is 590. The Hall–Kier alpha value is -1.63. The second-order valence-electron chi connectivity index (χ2n) is 8.78. The number of rotatable bonds is 3. The van der Waals surface area contributed by atoms with Gasteiger partial charge in [-0.25, -0.2) is 0 Å². The summed E-state index contributed by atoms with van der Waals surface area (Å²) in [5, 5.41) is 0. The average Bonchev–Trinajstić information content (AvgIpc) is 3.15. The van der Waals surface area contributed by atoms with Crippen molar-refractivity contribution in [2.75, 3.05) is 45.9 Å². The predicted molar refractivity (Wildman–Crippen MR) is 103 cm³/mol. The van der Waals surface area contributed by atoms with E-state index in [1.54, 1.807) is 0 Å². The lowest BCUT2D eigenvalue weighted by atomic mass is 9.93. The molecule has 1 unspecified atom stereocenters. The van der Waals surface area contributed by atoms with Crippen LogP contribution in [0.5, 0.6) is 0 Å². The van der Waals surface area contributed by atoms with Gasteiger partial charge < -0.3 is 19.4 Å². The maximum absolute atomic E-state index is 13.0.